The first kappa shape index (κ1) is 17.2. The van der Waals surface area contributed by atoms with E-state index < -0.39 is 10.0 Å². The second-order valence-corrected chi connectivity index (χ2v) is 8.46. The van der Waals surface area contributed by atoms with Crippen molar-refractivity contribution in [3.63, 3.8) is 0 Å². The number of nitrogens with zero attached hydrogens (tertiary/aromatic N) is 2. The van der Waals surface area contributed by atoms with E-state index in [-0.39, 0.29) is 11.8 Å². The summed E-state index contributed by atoms with van der Waals surface area (Å²) in [5.41, 5.74) is 1.03. The van der Waals surface area contributed by atoms with Gasteiger partial charge in [-0.3, -0.25) is 4.79 Å². The molecule has 0 aromatic heterocycles. The Labute approximate surface area is 144 Å². The van der Waals surface area contributed by atoms with Gasteiger partial charge in [0.25, 0.3) is 0 Å². The molecule has 3 rings (SSSR count). The van der Waals surface area contributed by atoms with E-state index >= 15 is 0 Å². The Balaban J connectivity index is 1.63. The summed E-state index contributed by atoms with van der Waals surface area (Å²) in [5, 5.41) is 0. The normalized spacial score (nSPS) is 22.5. The lowest BCUT2D eigenvalue weighted by molar-refractivity contribution is -0.137. The first-order valence-corrected chi connectivity index (χ1v) is 9.93. The molecular weight excluding hydrogens is 324 g/mol. The van der Waals surface area contributed by atoms with Gasteiger partial charge in [0.05, 0.1) is 4.90 Å². The molecular formula is C18H24N2O3S. The molecule has 1 amide bonds. The zero-order valence-electron chi connectivity index (χ0n) is 14.0. The quantitative estimate of drug-likeness (QED) is 0.787. The van der Waals surface area contributed by atoms with Crippen molar-refractivity contribution in [1.29, 1.82) is 0 Å². The lowest BCUT2D eigenvalue weighted by Gasteiger charge is -2.36. The van der Waals surface area contributed by atoms with Crippen LogP contribution in [0.3, 0.4) is 0 Å². The highest BCUT2D eigenvalue weighted by Gasteiger charge is 2.32. The third-order valence-electron chi connectivity index (χ3n) is 4.83. The van der Waals surface area contributed by atoms with E-state index in [1.54, 1.807) is 12.1 Å². The van der Waals surface area contributed by atoms with E-state index in [9.17, 15) is 13.2 Å². The summed E-state index contributed by atoms with van der Waals surface area (Å²) in [4.78, 5) is 14.7. The molecule has 0 saturated carbocycles. The summed E-state index contributed by atoms with van der Waals surface area (Å²) in [7, 11) is -3.47. The van der Waals surface area contributed by atoms with Crippen LogP contribution in [0.5, 0.6) is 0 Å². The highest BCUT2D eigenvalue weighted by molar-refractivity contribution is 7.89. The summed E-state index contributed by atoms with van der Waals surface area (Å²) >= 11 is 0. The number of allylic oxidation sites excluding steroid dienone is 2. The van der Waals surface area contributed by atoms with E-state index in [1.807, 2.05) is 24.0 Å². The number of amides is 1. The fourth-order valence-electron chi connectivity index (χ4n) is 3.28. The molecule has 6 heteroatoms. The van der Waals surface area contributed by atoms with Gasteiger partial charge in [0.2, 0.25) is 15.9 Å². The van der Waals surface area contributed by atoms with Gasteiger partial charge in [-0.25, -0.2) is 8.42 Å². The third-order valence-corrected chi connectivity index (χ3v) is 6.74. The van der Waals surface area contributed by atoms with Gasteiger partial charge in [-0.2, -0.15) is 4.31 Å². The summed E-state index contributed by atoms with van der Waals surface area (Å²) in [6, 6.07) is 6.92. The molecule has 1 unspecified atom stereocenters. The van der Waals surface area contributed by atoms with Gasteiger partial charge in [0, 0.05) is 32.1 Å². The van der Waals surface area contributed by atoms with Gasteiger partial charge in [-0.15, -0.1) is 0 Å². The topological polar surface area (TPSA) is 57.7 Å². The highest BCUT2D eigenvalue weighted by atomic mass is 32.2. The van der Waals surface area contributed by atoms with E-state index in [4.69, 9.17) is 0 Å². The van der Waals surface area contributed by atoms with Crippen molar-refractivity contribution < 1.29 is 13.2 Å². The number of rotatable bonds is 3. The number of carbonyl (C=O) groups is 1. The van der Waals surface area contributed by atoms with E-state index in [2.05, 4.69) is 12.2 Å². The second kappa shape index (κ2) is 7.07. The van der Waals surface area contributed by atoms with Gasteiger partial charge in [-0.1, -0.05) is 29.8 Å². The second-order valence-electron chi connectivity index (χ2n) is 6.52. The summed E-state index contributed by atoms with van der Waals surface area (Å²) in [6.07, 6.45) is 6.86. The number of piperazine rings is 1. The number of hydrogen-bond acceptors (Lipinski definition) is 3. The molecule has 1 aromatic carbocycles. The molecule has 1 saturated heterocycles. The number of carbonyl (C=O) groups excluding carboxylic acids is 1. The Bertz CT molecular complexity index is 717. The minimum Gasteiger partial charge on any atom is -0.340 e. The molecule has 1 aliphatic carbocycles. The van der Waals surface area contributed by atoms with Gasteiger partial charge in [0.1, 0.15) is 0 Å². The van der Waals surface area contributed by atoms with Crippen LogP contribution in [0.1, 0.15) is 24.8 Å². The SMILES string of the molecule is Cc1ccc(S(=O)(=O)N2CCN(C(=O)C3CC=CCC3)CC2)cc1. The number of benzene rings is 1. The molecule has 2 aliphatic rings. The molecule has 1 aromatic rings. The third kappa shape index (κ3) is 3.54. The van der Waals surface area contributed by atoms with E-state index in [1.165, 1.54) is 4.31 Å². The predicted molar refractivity (Wildman–Crippen MR) is 93.0 cm³/mol. The molecule has 1 aliphatic heterocycles. The van der Waals surface area contributed by atoms with Crippen LogP contribution in [-0.4, -0.2) is 49.7 Å². The predicted octanol–water partition coefficient (Wildman–Crippen LogP) is 2.18. The van der Waals surface area contributed by atoms with Crippen molar-refractivity contribution in [1.82, 2.24) is 9.21 Å². The molecule has 0 bridgehead atoms. The molecule has 1 heterocycles. The van der Waals surface area contributed by atoms with Crippen molar-refractivity contribution in [3.8, 4) is 0 Å². The standard InChI is InChI=1S/C18H24N2O3S/c1-15-7-9-17(10-8-15)24(22,23)20-13-11-19(12-14-20)18(21)16-5-3-2-4-6-16/h2-3,7-10,16H,4-6,11-14H2,1H3. The largest absolute Gasteiger partial charge is 0.340 e. The Morgan fingerprint density at radius 2 is 1.71 bits per heavy atom. The average Bonchev–Trinajstić information content (AvgIpc) is 2.62. The molecule has 130 valence electrons. The van der Waals surface area contributed by atoms with Crippen LogP contribution in [0.15, 0.2) is 41.3 Å². The Kier molecular flexibility index (Phi) is 5.06. The summed E-state index contributed by atoms with van der Waals surface area (Å²) < 4.78 is 26.9. The van der Waals surface area contributed by atoms with Crippen LogP contribution < -0.4 is 0 Å². The van der Waals surface area contributed by atoms with Crippen LogP contribution in [0, 0.1) is 12.8 Å². The van der Waals surface area contributed by atoms with Crippen LogP contribution >= 0.6 is 0 Å². The van der Waals surface area contributed by atoms with Gasteiger partial charge < -0.3 is 4.90 Å². The van der Waals surface area contributed by atoms with Crippen LogP contribution in [-0.2, 0) is 14.8 Å². The summed E-state index contributed by atoms with van der Waals surface area (Å²) in [5.74, 6) is 0.238. The minimum absolute atomic E-state index is 0.0651. The lowest BCUT2D eigenvalue weighted by atomic mass is 9.93. The maximum Gasteiger partial charge on any atom is 0.243 e. The van der Waals surface area contributed by atoms with Gasteiger partial charge in [-0.05, 0) is 38.3 Å². The number of sulfonamides is 1. The lowest BCUT2D eigenvalue weighted by Crippen LogP contribution is -2.51. The fourth-order valence-corrected chi connectivity index (χ4v) is 4.71. The molecule has 0 radical (unpaired) electrons. The maximum atomic E-state index is 12.7. The van der Waals surface area contributed by atoms with Crippen LogP contribution in [0.4, 0.5) is 0 Å². The number of aryl methyl sites for hydroxylation is 1. The smallest absolute Gasteiger partial charge is 0.243 e. The number of hydrogen-bond donors (Lipinski definition) is 0. The van der Waals surface area contributed by atoms with Crippen molar-refractivity contribution in [2.24, 2.45) is 5.92 Å². The monoisotopic (exact) mass is 348 g/mol. The first-order valence-electron chi connectivity index (χ1n) is 8.49. The molecule has 5 nitrogen and oxygen atoms in total. The van der Waals surface area contributed by atoms with Crippen LogP contribution in [0.25, 0.3) is 0 Å². The molecule has 0 spiro atoms. The Morgan fingerprint density at radius 1 is 1.04 bits per heavy atom. The molecule has 1 fully saturated rings. The van der Waals surface area contributed by atoms with E-state index in [0.29, 0.717) is 31.1 Å². The average molecular weight is 348 g/mol. The van der Waals surface area contributed by atoms with Crippen molar-refractivity contribution in [2.75, 3.05) is 26.2 Å². The van der Waals surface area contributed by atoms with Crippen LogP contribution in [0.2, 0.25) is 0 Å². The minimum atomic E-state index is -3.47. The molecule has 1 atom stereocenters. The van der Waals surface area contributed by atoms with E-state index in [0.717, 1.165) is 24.8 Å². The van der Waals surface area contributed by atoms with Crippen molar-refractivity contribution in [3.05, 3.63) is 42.0 Å². The van der Waals surface area contributed by atoms with Crippen molar-refractivity contribution >= 4 is 15.9 Å². The Morgan fingerprint density at radius 3 is 2.29 bits per heavy atom. The zero-order valence-corrected chi connectivity index (χ0v) is 14.8. The summed E-state index contributed by atoms with van der Waals surface area (Å²) in [6.45, 7) is 3.62. The molecule has 24 heavy (non-hydrogen) atoms. The fraction of sp³-hybridized carbons (Fsp3) is 0.500. The zero-order chi connectivity index (χ0) is 17.2. The van der Waals surface area contributed by atoms with Gasteiger partial charge in [0.15, 0.2) is 0 Å². The maximum absolute atomic E-state index is 12.7. The van der Waals surface area contributed by atoms with Gasteiger partial charge >= 0.3 is 0 Å². The highest BCUT2D eigenvalue weighted by Crippen LogP contribution is 2.23. The molecule has 0 N–H and O–H groups in total. The Hall–Kier alpha value is -1.66. The first-order chi connectivity index (χ1) is 11.5. The van der Waals surface area contributed by atoms with Crippen molar-refractivity contribution in [2.45, 2.75) is 31.1 Å².